The quantitative estimate of drug-likeness (QED) is 0.0660. The molecule has 0 spiro atoms. The molecule has 1 saturated carbocycles. The summed E-state index contributed by atoms with van der Waals surface area (Å²) in [5, 5.41) is 18.7. The van der Waals surface area contributed by atoms with Crippen LogP contribution in [-0.2, 0) is 28.0 Å². The summed E-state index contributed by atoms with van der Waals surface area (Å²) in [5.41, 5.74) is 1.29. The van der Waals surface area contributed by atoms with Crippen molar-refractivity contribution in [2.24, 2.45) is 16.2 Å². The maximum Gasteiger partial charge on any atom is 0.337 e. The second-order valence-corrected chi connectivity index (χ2v) is 20.0. The highest BCUT2D eigenvalue weighted by molar-refractivity contribution is 7.97. The molecule has 2 saturated heterocycles. The minimum absolute atomic E-state index is 0.0457. The number of aromatic nitrogens is 4. The van der Waals surface area contributed by atoms with Gasteiger partial charge in [0.05, 0.1) is 22.9 Å². The van der Waals surface area contributed by atoms with Gasteiger partial charge in [-0.25, -0.2) is 13.9 Å². The van der Waals surface area contributed by atoms with E-state index >= 15 is 0 Å². The smallest absolute Gasteiger partial charge is 0.337 e. The molecule has 2 bridgehead atoms. The van der Waals surface area contributed by atoms with E-state index < -0.39 is 37.5 Å². The summed E-state index contributed by atoms with van der Waals surface area (Å²) in [7, 11) is -2.26. The number of nitrogens with one attached hydrogen (secondary N) is 2. The van der Waals surface area contributed by atoms with Gasteiger partial charge in [-0.15, -0.1) is 0 Å². The van der Waals surface area contributed by atoms with Crippen molar-refractivity contribution in [3.05, 3.63) is 101 Å². The molecule has 3 aliphatic rings. The van der Waals surface area contributed by atoms with Gasteiger partial charge in [0.1, 0.15) is 10.8 Å². The number of hydrogen-bond donors (Lipinski definition) is 2. The number of aromatic amines is 2. The summed E-state index contributed by atoms with van der Waals surface area (Å²) in [4.78, 5) is 73.7. The second-order valence-electron chi connectivity index (χ2n) is 17.7. The van der Waals surface area contributed by atoms with Crippen molar-refractivity contribution < 1.29 is 22.7 Å². The summed E-state index contributed by atoms with van der Waals surface area (Å²) < 4.78 is 24.8. The molecule has 6 heterocycles. The van der Waals surface area contributed by atoms with E-state index in [1.165, 1.54) is 12.1 Å². The Balaban J connectivity index is 0.000000195. The van der Waals surface area contributed by atoms with Crippen LogP contribution >= 0.6 is 0 Å². The minimum Gasteiger partial charge on any atom is -0.403 e. The van der Waals surface area contributed by atoms with Crippen LogP contribution in [0, 0.1) is 17.2 Å². The Kier molecular flexibility index (Phi) is 14.6. The molecule has 344 valence electrons. The lowest BCUT2D eigenvalue weighted by Gasteiger charge is -2.35. The molecule has 1 aromatic carbocycles. The van der Waals surface area contributed by atoms with Crippen LogP contribution in [0.3, 0.4) is 0 Å². The van der Waals surface area contributed by atoms with Crippen molar-refractivity contribution in [1.29, 1.82) is 5.26 Å². The van der Waals surface area contributed by atoms with E-state index in [1.54, 1.807) is 6.26 Å². The molecule has 8 rings (SSSR count). The Hall–Kier alpha value is -6.19. The normalized spacial score (nSPS) is 20.5. The Morgan fingerprint density at radius 2 is 1.38 bits per heavy atom. The molecular formula is C47H56N8O9S. The number of H-pyrrole nitrogens is 2. The van der Waals surface area contributed by atoms with E-state index in [-0.39, 0.29) is 46.3 Å². The number of oxime groups is 2. The minimum atomic E-state index is -2.26. The van der Waals surface area contributed by atoms with Gasteiger partial charge in [0, 0.05) is 53.0 Å². The Morgan fingerprint density at radius 3 is 1.88 bits per heavy atom. The fraction of sp³-hybridized carbons (Fsp3) is 0.489. The van der Waals surface area contributed by atoms with Gasteiger partial charge in [0.2, 0.25) is 11.4 Å². The van der Waals surface area contributed by atoms with Gasteiger partial charge >= 0.3 is 23.3 Å². The number of fused-ring (bicyclic) bond motifs is 4. The predicted molar refractivity (Wildman–Crippen MR) is 250 cm³/mol. The molecule has 4 aromatic heterocycles. The van der Waals surface area contributed by atoms with Gasteiger partial charge in [-0.3, -0.25) is 23.8 Å². The highest BCUT2D eigenvalue weighted by Crippen LogP contribution is 2.38. The Bertz CT molecular complexity index is 2960. The fourth-order valence-corrected chi connectivity index (χ4v) is 10.8. The lowest BCUT2D eigenvalue weighted by Crippen LogP contribution is -2.46. The maximum absolute atomic E-state index is 12.7. The third-order valence-electron chi connectivity index (χ3n) is 12.3. The van der Waals surface area contributed by atoms with Gasteiger partial charge in [-0.1, -0.05) is 80.7 Å². The number of hydrogen-bond acceptors (Lipinski definition) is 14. The number of benzene rings is 1. The van der Waals surface area contributed by atoms with Crippen LogP contribution < -0.4 is 32.0 Å². The average molecular weight is 909 g/mol. The fourth-order valence-electron chi connectivity index (χ4n) is 9.15. The first-order valence-corrected chi connectivity index (χ1v) is 24.4. The number of rotatable bonds is 14. The van der Waals surface area contributed by atoms with Crippen LogP contribution in [0.25, 0.3) is 22.2 Å². The topological polar surface area (TPSA) is 239 Å². The first kappa shape index (κ1) is 46.8. The van der Waals surface area contributed by atoms with Crippen molar-refractivity contribution in [2.75, 3.05) is 6.26 Å². The highest BCUT2D eigenvalue weighted by Gasteiger charge is 2.42. The van der Waals surface area contributed by atoms with E-state index in [0.717, 1.165) is 61.9 Å². The second kappa shape index (κ2) is 20.3. The Morgan fingerprint density at radius 1 is 0.862 bits per heavy atom. The molecule has 18 heteroatoms. The van der Waals surface area contributed by atoms with Crippen LogP contribution in [0.4, 0.5) is 0 Å². The van der Waals surface area contributed by atoms with Gasteiger partial charge in [0.25, 0.3) is 11.1 Å². The van der Waals surface area contributed by atoms with Gasteiger partial charge in [-0.2, -0.15) is 15.2 Å². The number of nitrogens with zero attached hydrogens (tertiary/aromatic N) is 6. The largest absolute Gasteiger partial charge is 0.403 e. The molecule has 0 radical (unpaired) electrons. The molecule has 0 amide bonds. The molecule has 2 N–H and O–H groups in total. The third kappa shape index (κ3) is 11.2. The van der Waals surface area contributed by atoms with Crippen LogP contribution in [0.15, 0.2) is 80.8 Å². The number of nitriles is 1. The predicted octanol–water partition coefficient (Wildman–Crippen LogP) is 6.86. The number of aryl methyl sites for hydroxylation is 2. The first-order valence-electron chi connectivity index (χ1n) is 22.3. The van der Waals surface area contributed by atoms with Crippen molar-refractivity contribution in [3.63, 3.8) is 0 Å². The summed E-state index contributed by atoms with van der Waals surface area (Å²) in [6, 6.07) is 15.0. The summed E-state index contributed by atoms with van der Waals surface area (Å²) in [6.07, 6.45) is 13.2. The zero-order chi connectivity index (χ0) is 46.3. The lowest BCUT2D eigenvalue weighted by atomic mass is 9.70. The van der Waals surface area contributed by atoms with E-state index in [2.05, 4.69) is 63.0 Å². The molecule has 3 atom stereocenters. The van der Waals surface area contributed by atoms with E-state index in [0.29, 0.717) is 68.4 Å². The average Bonchev–Trinajstić information content (AvgIpc) is 3.56. The summed E-state index contributed by atoms with van der Waals surface area (Å²) in [5.74, 6) is 4.36. The standard InChI is InChI=1S/C26H28N4O4.C21H28N4O5S/c1-17(2)7-6-8-18-15-21(31)33-24-22(18)23(32)28-25(29-24)34-30-20-11-13-26(16-27,14-12-20)19-9-4-3-5-10-19;1-4-5-6-7-13-10-17(26)29-20-18(13)19(27)22-21(23-20)30-24-14-11-15-8-9-16(12-14)25(15)31(2,3)28/h3-5,9-10,15,17H,6-8,11-14H2,1-2H3,(H,28,29,32);10,15-16H,2,4-9,11-12H2,1,3H3,(H,22,23,27). The monoisotopic (exact) mass is 908 g/mol. The third-order valence-corrected chi connectivity index (χ3v) is 13.8. The van der Waals surface area contributed by atoms with Crippen LogP contribution in [0.2, 0.25) is 0 Å². The van der Waals surface area contributed by atoms with Gasteiger partial charge in [-0.05, 0) is 92.7 Å². The first-order chi connectivity index (χ1) is 31.2. The van der Waals surface area contributed by atoms with Crippen molar-refractivity contribution in [2.45, 2.75) is 135 Å². The summed E-state index contributed by atoms with van der Waals surface area (Å²) in [6.45, 7) is 6.35. The molecule has 3 unspecified atom stereocenters. The van der Waals surface area contributed by atoms with Crippen LogP contribution in [0.5, 0.6) is 12.0 Å². The van der Waals surface area contributed by atoms with E-state index in [4.69, 9.17) is 18.5 Å². The zero-order valence-corrected chi connectivity index (χ0v) is 38.2. The molecule has 3 fully saturated rings. The molecule has 2 aliphatic heterocycles. The van der Waals surface area contributed by atoms with Crippen LogP contribution in [-0.4, -0.2) is 64.1 Å². The van der Waals surface area contributed by atoms with Gasteiger partial charge < -0.3 is 18.5 Å². The Labute approximate surface area is 376 Å². The molecule has 17 nitrogen and oxygen atoms in total. The van der Waals surface area contributed by atoms with Crippen molar-refractivity contribution in [1.82, 2.24) is 24.2 Å². The van der Waals surface area contributed by atoms with Crippen molar-refractivity contribution >= 4 is 49.2 Å². The van der Waals surface area contributed by atoms with Crippen molar-refractivity contribution in [3.8, 4) is 18.1 Å². The van der Waals surface area contributed by atoms with Crippen LogP contribution in [0.1, 0.15) is 121 Å². The highest BCUT2D eigenvalue weighted by atomic mass is 32.2. The van der Waals surface area contributed by atoms with Gasteiger partial charge in [0.15, 0.2) is 0 Å². The zero-order valence-electron chi connectivity index (χ0n) is 37.4. The van der Waals surface area contributed by atoms with E-state index in [9.17, 15) is 28.6 Å². The lowest BCUT2D eigenvalue weighted by molar-refractivity contribution is 0.289. The number of unbranched alkanes of at least 4 members (excludes halogenated alkanes) is 2. The number of piperidine rings is 1. The SMILES string of the molecule is C=S(C)(=O)N1C2CCC1CC(=NOc1nc3oc(=O)cc(CCCCC)c3c(=O)[nH]1)C2.CC(C)CCCc1cc(=O)oc2nc(ON=C3CCC(C#N)(c4ccccc4)CC3)[nH]c(=O)c12. The molecule has 1 aliphatic carbocycles. The van der Waals surface area contributed by atoms with E-state index in [1.807, 2.05) is 34.6 Å². The molecule has 5 aromatic rings. The summed E-state index contributed by atoms with van der Waals surface area (Å²) >= 11 is 0. The maximum atomic E-state index is 12.7. The molecular weight excluding hydrogens is 853 g/mol. The molecule has 65 heavy (non-hydrogen) atoms.